The minimum absolute atomic E-state index is 0.185. The van der Waals surface area contributed by atoms with Crippen LogP contribution in [0.25, 0.3) is 6.08 Å². The number of esters is 1. The molecule has 0 radical (unpaired) electrons. The Morgan fingerprint density at radius 2 is 1.57 bits per heavy atom. The molecule has 2 heterocycles. The summed E-state index contributed by atoms with van der Waals surface area (Å²) >= 11 is 1.26. The van der Waals surface area contributed by atoms with Crippen LogP contribution < -0.4 is 29.7 Å². The first kappa shape index (κ1) is 36.0. The zero-order chi connectivity index (χ0) is 37.6. The highest BCUT2D eigenvalue weighted by Crippen LogP contribution is 2.60. The van der Waals surface area contributed by atoms with Gasteiger partial charge in [0.1, 0.15) is 0 Å². The van der Waals surface area contributed by atoms with Crippen molar-refractivity contribution in [2.45, 2.75) is 77.7 Å². The van der Waals surface area contributed by atoms with Crippen molar-refractivity contribution in [1.29, 1.82) is 0 Å². The lowest BCUT2D eigenvalue weighted by atomic mass is 9.48. The lowest BCUT2D eigenvalue weighted by Gasteiger charge is -2.57. The van der Waals surface area contributed by atoms with E-state index in [4.69, 9.17) is 14.2 Å². The number of hydrogen-bond donors (Lipinski definition) is 1. The molecule has 4 aromatic rings. The van der Waals surface area contributed by atoms with Gasteiger partial charge in [-0.1, -0.05) is 59.4 Å². The number of benzene rings is 3. The molecule has 0 unspecified atom stereocenters. The highest BCUT2D eigenvalue weighted by atomic mass is 32.1. The van der Waals surface area contributed by atoms with Gasteiger partial charge >= 0.3 is 5.97 Å². The Hall–Kier alpha value is -4.96. The molecule has 4 fully saturated rings. The number of amides is 1. The van der Waals surface area contributed by atoms with Gasteiger partial charge in [0, 0.05) is 5.69 Å². The van der Waals surface area contributed by atoms with Gasteiger partial charge in [-0.25, -0.2) is 9.79 Å². The van der Waals surface area contributed by atoms with E-state index in [0.717, 1.165) is 34.6 Å². The number of thiazole rings is 1. The number of rotatable bonds is 11. The van der Waals surface area contributed by atoms with E-state index in [1.54, 1.807) is 36.6 Å². The Morgan fingerprint density at radius 1 is 0.889 bits per heavy atom. The van der Waals surface area contributed by atoms with Crippen molar-refractivity contribution in [2.75, 3.05) is 25.1 Å². The molecule has 1 aliphatic heterocycles. The van der Waals surface area contributed by atoms with Crippen LogP contribution in [0.3, 0.4) is 0 Å². The number of fused-ring (bicyclic) bond motifs is 1. The third-order valence-corrected chi connectivity index (χ3v) is 12.6. The van der Waals surface area contributed by atoms with Crippen molar-refractivity contribution in [3.63, 3.8) is 0 Å². The van der Waals surface area contributed by atoms with Crippen LogP contribution in [0.4, 0.5) is 5.69 Å². The summed E-state index contributed by atoms with van der Waals surface area (Å²) in [4.78, 5) is 45.5. The summed E-state index contributed by atoms with van der Waals surface area (Å²) in [7, 11) is 0. The molecule has 1 aromatic heterocycles. The highest BCUT2D eigenvalue weighted by Gasteiger charge is 2.51. The van der Waals surface area contributed by atoms with Crippen molar-refractivity contribution in [3.8, 4) is 11.5 Å². The predicted octanol–water partition coefficient (Wildman–Crippen LogP) is 6.99. The first-order valence-corrected chi connectivity index (χ1v) is 20.0. The van der Waals surface area contributed by atoms with Crippen LogP contribution in [-0.2, 0) is 19.7 Å². The number of nitrogens with zero attached hydrogens (tertiary/aromatic N) is 2. The number of carbonyl (C=O) groups excluding carboxylic acids is 2. The normalized spacial score (nSPS) is 24.2. The molecule has 9 rings (SSSR count). The van der Waals surface area contributed by atoms with E-state index in [2.05, 4.69) is 22.4 Å². The Bertz CT molecular complexity index is 2270. The largest absolute Gasteiger partial charge is 0.490 e. The third-order valence-electron chi connectivity index (χ3n) is 11.7. The van der Waals surface area contributed by atoms with Crippen LogP contribution in [0.2, 0.25) is 0 Å². The number of nitrogens with one attached hydrogen (secondary N) is 1. The van der Waals surface area contributed by atoms with Gasteiger partial charge in [0.2, 0.25) is 0 Å². The van der Waals surface area contributed by atoms with Gasteiger partial charge in [0.15, 0.2) is 22.9 Å². The molecule has 1 amide bonds. The second kappa shape index (κ2) is 14.7. The van der Waals surface area contributed by atoms with Crippen molar-refractivity contribution >= 4 is 35.0 Å². The Kier molecular flexibility index (Phi) is 9.81. The fourth-order valence-electron chi connectivity index (χ4n) is 9.72. The van der Waals surface area contributed by atoms with Crippen LogP contribution in [0, 0.1) is 24.7 Å². The van der Waals surface area contributed by atoms with Crippen LogP contribution in [0.15, 0.2) is 87.8 Å². The second-order valence-electron chi connectivity index (χ2n) is 15.5. The zero-order valence-corrected chi connectivity index (χ0v) is 32.2. The fourth-order valence-corrected chi connectivity index (χ4v) is 10.8. The molecule has 10 heteroatoms. The number of aryl methyl sites for hydroxylation is 1. The standard InChI is InChI=1S/C44H47N3O6S/c1-5-51-36-20-28(21-37-41(49)47-40(32-10-7-26(3)8-11-32)39(42(50)52-6-2)27(4)45-43(47)54-37)9-16-35(36)53-25-38(48)46-34-14-12-33(13-15-34)44-22-29-17-30(23-44)19-31(18-29)24-44/h7-16,20-21,29-31,40H,5-6,17-19,22-25H2,1-4H3,(H,46,48)/b37-21+/t29?,30?,31?,40-,44?/m1/s1. The Labute approximate surface area is 319 Å². The van der Waals surface area contributed by atoms with Crippen molar-refractivity contribution in [1.82, 2.24) is 4.57 Å². The minimum Gasteiger partial charge on any atom is -0.490 e. The van der Waals surface area contributed by atoms with Gasteiger partial charge in [-0.3, -0.25) is 14.2 Å². The molecule has 0 saturated heterocycles. The predicted molar refractivity (Wildman–Crippen MR) is 210 cm³/mol. The van der Waals surface area contributed by atoms with Gasteiger partial charge in [-0.15, -0.1) is 0 Å². The zero-order valence-electron chi connectivity index (χ0n) is 31.4. The van der Waals surface area contributed by atoms with Crippen LogP contribution in [-0.4, -0.2) is 36.3 Å². The summed E-state index contributed by atoms with van der Waals surface area (Å²) < 4.78 is 19.3. The smallest absolute Gasteiger partial charge is 0.338 e. The molecular formula is C44H47N3O6S. The van der Waals surface area contributed by atoms with Gasteiger partial charge in [-0.05, 0) is 136 Å². The molecule has 0 spiro atoms. The number of anilines is 1. The van der Waals surface area contributed by atoms with E-state index in [1.165, 1.54) is 55.4 Å². The topological polar surface area (TPSA) is 108 Å². The molecular weight excluding hydrogens is 699 g/mol. The molecule has 3 aromatic carbocycles. The van der Waals surface area contributed by atoms with E-state index in [-0.39, 0.29) is 24.7 Å². The lowest BCUT2D eigenvalue weighted by molar-refractivity contribution is -0.139. The maximum atomic E-state index is 14.1. The van der Waals surface area contributed by atoms with Crippen molar-refractivity contribution < 1.29 is 23.8 Å². The summed E-state index contributed by atoms with van der Waals surface area (Å²) in [5.74, 6) is 2.79. The molecule has 1 N–H and O–H groups in total. The average Bonchev–Trinajstić information content (AvgIpc) is 3.44. The molecule has 5 aliphatic rings. The van der Waals surface area contributed by atoms with Gasteiger partial charge in [0.05, 0.1) is 35.1 Å². The maximum absolute atomic E-state index is 14.1. The summed E-state index contributed by atoms with van der Waals surface area (Å²) in [6.07, 6.45) is 9.96. The highest BCUT2D eigenvalue weighted by molar-refractivity contribution is 7.07. The maximum Gasteiger partial charge on any atom is 0.338 e. The van der Waals surface area contributed by atoms with Crippen LogP contribution >= 0.6 is 11.3 Å². The summed E-state index contributed by atoms with van der Waals surface area (Å²) in [6.45, 7) is 7.81. The van der Waals surface area contributed by atoms with E-state index >= 15 is 0 Å². The van der Waals surface area contributed by atoms with Gasteiger partial charge in [-0.2, -0.15) is 0 Å². The molecule has 4 bridgehead atoms. The van der Waals surface area contributed by atoms with E-state index in [1.807, 2.05) is 56.3 Å². The molecule has 1 atom stereocenters. The molecule has 280 valence electrons. The van der Waals surface area contributed by atoms with Crippen LogP contribution in [0.1, 0.15) is 87.6 Å². The quantitative estimate of drug-likeness (QED) is 0.166. The van der Waals surface area contributed by atoms with E-state index in [0.29, 0.717) is 49.7 Å². The van der Waals surface area contributed by atoms with E-state index in [9.17, 15) is 14.4 Å². The summed E-state index contributed by atoms with van der Waals surface area (Å²) in [5.41, 5.74) is 5.68. The summed E-state index contributed by atoms with van der Waals surface area (Å²) in [5, 5.41) is 2.99. The fraction of sp³-hybridized carbons (Fsp3) is 0.409. The Morgan fingerprint density at radius 3 is 2.22 bits per heavy atom. The second-order valence-corrected chi connectivity index (χ2v) is 16.5. The number of hydrogen-bond acceptors (Lipinski definition) is 8. The van der Waals surface area contributed by atoms with E-state index < -0.39 is 12.0 Å². The molecule has 4 aliphatic carbocycles. The SMILES string of the molecule is CCOC(=O)C1=C(C)N=c2s/c(=C/c3ccc(OCC(=O)Nc4ccc(C56CC7CC(CC(C7)C5)C6)cc4)c(OCC)c3)c(=O)n2[C@@H]1c1ccc(C)cc1. The van der Waals surface area contributed by atoms with Crippen LogP contribution in [0.5, 0.6) is 11.5 Å². The first-order valence-electron chi connectivity index (χ1n) is 19.2. The number of carbonyl (C=O) groups is 2. The first-order chi connectivity index (χ1) is 26.1. The lowest BCUT2D eigenvalue weighted by Crippen LogP contribution is -2.48. The minimum atomic E-state index is -0.677. The average molecular weight is 746 g/mol. The number of ether oxygens (including phenoxy) is 3. The molecule has 9 nitrogen and oxygen atoms in total. The monoisotopic (exact) mass is 745 g/mol. The summed E-state index contributed by atoms with van der Waals surface area (Å²) in [6, 6.07) is 21.0. The molecule has 4 saturated carbocycles. The molecule has 54 heavy (non-hydrogen) atoms. The number of allylic oxidation sites excluding steroid dienone is 1. The van der Waals surface area contributed by atoms with Crippen molar-refractivity contribution in [2.24, 2.45) is 22.7 Å². The van der Waals surface area contributed by atoms with Crippen molar-refractivity contribution in [3.05, 3.63) is 120 Å². The number of aromatic nitrogens is 1. The Balaban J connectivity index is 0.991. The van der Waals surface area contributed by atoms with Gasteiger partial charge < -0.3 is 19.5 Å². The third kappa shape index (κ3) is 6.92. The van der Waals surface area contributed by atoms with Gasteiger partial charge in [0.25, 0.3) is 11.5 Å².